The number of nitrogens with one attached hydrogen (secondary N) is 1. The van der Waals surface area contributed by atoms with E-state index in [2.05, 4.69) is 5.32 Å². The Morgan fingerprint density at radius 2 is 1.29 bits per heavy atom. The Kier molecular flexibility index (Phi) is 10.2. The number of hydrogen-bond acceptors (Lipinski definition) is 5. The zero-order valence-corrected chi connectivity index (χ0v) is 19.8. The van der Waals surface area contributed by atoms with Gasteiger partial charge in [0.1, 0.15) is 5.60 Å². The first-order chi connectivity index (χ1) is 12.5. The highest BCUT2D eigenvalue weighted by Crippen LogP contribution is 2.21. The topological polar surface area (TPSA) is 73.9 Å². The van der Waals surface area contributed by atoms with Crippen molar-refractivity contribution in [1.82, 2.24) is 5.32 Å². The minimum Gasteiger partial charge on any atom is -0.460 e. The van der Waals surface area contributed by atoms with Crippen molar-refractivity contribution >= 4 is 11.9 Å². The molecule has 0 atom stereocenters. The van der Waals surface area contributed by atoms with Crippen LogP contribution in [0.4, 0.5) is 0 Å². The van der Waals surface area contributed by atoms with Gasteiger partial charge in [0.2, 0.25) is 5.91 Å². The molecular formula is C22H43NO5. The van der Waals surface area contributed by atoms with Crippen molar-refractivity contribution in [3.63, 3.8) is 0 Å². The second-order valence-corrected chi connectivity index (χ2v) is 10.3. The van der Waals surface area contributed by atoms with E-state index in [4.69, 9.17) is 14.2 Å². The maximum absolute atomic E-state index is 12.3. The molecule has 0 saturated heterocycles. The average molecular weight is 402 g/mol. The van der Waals surface area contributed by atoms with Crippen molar-refractivity contribution in [2.45, 2.75) is 117 Å². The molecule has 166 valence electrons. The number of amides is 1. The van der Waals surface area contributed by atoms with Crippen LogP contribution in [0.1, 0.15) is 94.9 Å². The number of hydrogen-bond donors (Lipinski definition) is 1. The van der Waals surface area contributed by atoms with Crippen molar-refractivity contribution < 1.29 is 23.8 Å². The van der Waals surface area contributed by atoms with E-state index in [0.717, 1.165) is 0 Å². The van der Waals surface area contributed by atoms with Crippen LogP contribution < -0.4 is 5.32 Å². The molecule has 0 unspecified atom stereocenters. The van der Waals surface area contributed by atoms with E-state index in [1.54, 1.807) is 0 Å². The SMILES string of the molecule is CCOC(C)(C)CCC(=O)NC(C)(C)COC(C)(C)CCC(=O)OC(C)(C)C. The number of esters is 1. The lowest BCUT2D eigenvalue weighted by Gasteiger charge is -2.33. The van der Waals surface area contributed by atoms with Crippen LogP contribution in [0.5, 0.6) is 0 Å². The minimum absolute atomic E-state index is 0.0204. The average Bonchev–Trinajstić information content (AvgIpc) is 2.48. The van der Waals surface area contributed by atoms with Gasteiger partial charge in [-0.1, -0.05) is 0 Å². The van der Waals surface area contributed by atoms with E-state index in [0.29, 0.717) is 38.9 Å². The Hall–Kier alpha value is -1.14. The van der Waals surface area contributed by atoms with Crippen molar-refractivity contribution in [2.75, 3.05) is 13.2 Å². The quantitative estimate of drug-likeness (QED) is 0.491. The van der Waals surface area contributed by atoms with E-state index in [1.807, 2.05) is 69.2 Å². The van der Waals surface area contributed by atoms with Gasteiger partial charge in [0.05, 0.1) is 23.3 Å². The number of carbonyl (C=O) groups is 2. The maximum atomic E-state index is 12.3. The van der Waals surface area contributed by atoms with Crippen molar-refractivity contribution in [2.24, 2.45) is 0 Å². The monoisotopic (exact) mass is 401 g/mol. The lowest BCUT2D eigenvalue weighted by molar-refractivity contribution is -0.156. The van der Waals surface area contributed by atoms with Gasteiger partial charge in [-0.3, -0.25) is 9.59 Å². The van der Waals surface area contributed by atoms with Gasteiger partial charge >= 0.3 is 5.97 Å². The van der Waals surface area contributed by atoms with E-state index in [1.165, 1.54) is 0 Å². The summed E-state index contributed by atoms with van der Waals surface area (Å²) in [5, 5.41) is 3.03. The van der Waals surface area contributed by atoms with Crippen molar-refractivity contribution in [3.05, 3.63) is 0 Å². The molecule has 0 aliphatic heterocycles. The third-order valence-electron chi connectivity index (χ3n) is 4.14. The van der Waals surface area contributed by atoms with Crippen LogP contribution in [0.25, 0.3) is 0 Å². The van der Waals surface area contributed by atoms with Crippen molar-refractivity contribution in [1.29, 1.82) is 0 Å². The van der Waals surface area contributed by atoms with Gasteiger partial charge < -0.3 is 19.5 Å². The standard InChI is InChI=1S/C22H43NO5/c1-11-26-21(7,8)14-12-17(24)23-20(5,6)16-27-22(9,10)15-13-18(25)28-19(2,3)4/h11-16H2,1-10H3,(H,23,24). The molecule has 6 nitrogen and oxygen atoms in total. The van der Waals surface area contributed by atoms with Crippen LogP contribution >= 0.6 is 0 Å². The summed E-state index contributed by atoms with van der Waals surface area (Å²) < 4.78 is 17.0. The number of carbonyl (C=O) groups excluding carboxylic acids is 2. The van der Waals surface area contributed by atoms with Crippen LogP contribution in [0.15, 0.2) is 0 Å². The first-order valence-electron chi connectivity index (χ1n) is 10.3. The molecular weight excluding hydrogens is 358 g/mol. The number of rotatable bonds is 12. The van der Waals surface area contributed by atoms with E-state index < -0.39 is 16.7 Å². The molecule has 0 fully saturated rings. The molecule has 0 aliphatic rings. The van der Waals surface area contributed by atoms with Crippen LogP contribution in [0, 0.1) is 0 Å². The summed E-state index contributed by atoms with van der Waals surface area (Å²) in [6, 6.07) is 0. The molecule has 0 aromatic heterocycles. The van der Waals surface area contributed by atoms with Crippen LogP contribution in [-0.4, -0.2) is 47.4 Å². The molecule has 1 amide bonds. The lowest BCUT2D eigenvalue weighted by atomic mass is 9.99. The fraction of sp³-hybridized carbons (Fsp3) is 0.909. The second kappa shape index (κ2) is 10.6. The highest BCUT2D eigenvalue weighted by atomic mass is 16.6. The van der Waals surface area contributed by atoms with Crippen LogP contribution in [-0.2, 0) is 23.8 Å². The smallest absolute Gasteiger partial charge is 0.306 e. The molecule has 1 N–H and O–H groups in total. The maximum Gasteiger partial charge on any atom is 0.306 e. The third-order valence-corrected chi connectivity index (χ3v) is 4.14. The van der Waals surface area contributed by atoms with Crippen molar-refractivity contribution in [3.8, 4) is 0 Å². The second-order valence-electron chi connectivity index (χ2n) is 10.3. The van der Waals surface area contributed by atoms with Gasteiger partial charge in [-0.2, -0.15) is 0 Å². The summed E-state index contributed by atoms with van der Waals surface area (Å²) in [5.41, 5.74) is -1.78. The highest BCUT2D eigenvalue weighted by molar-refractivity contribution is 5.76. The number of ether oxygens (including phenoxy) is 3. The zero-order chi connectivity index (χ0) is 22.2. The molecule has 0 radical (unpaired) electrons. The summed E-state index contributed by atoms with van der Waals surface area (Å²) in [6.07, 6.45) is 1.90. The summed E-state index contributed by atoms with van der Waals surface area (Å²) >= 11 is 0. The van der Waals surface area contributed by atoms with Crippen LogP contribution in [0.3, 0.4) is 0 Å². The van der Waals surface area contributed by atoms with Crippen LogP contribution in [0.2, 0.25) is 0 Å². The van der Waals surface area contributed by atoms with E-state index in [9.17, 15) is 9.59 Å². The Morgan fingerprint density at radius 3 is 1.79 bits per heavy atom. The Bertz CT molecular complexity index is 504. The molecule has 28 heavy (non-hydrogen) atoms. The molecule has 6 heteroatoms. The normalized spacial score (nSPS) is 13.4. The Balaban J connectivity index is 4.41. The summed E-state index contributed by atoms with van der Waals surface area (Å²) in [5.74, 6) is -0.249. The largest absolute Gasteiger partial charge is 0.460 e. The summed E-state index contributed by atoms with van der Waals surface area (Å²) in [4.78, 5) is 24.2. The van der Waals surface area contributed by atoms with Gasteiger partial charge in [-0.05, 0) is 82.1 Å². The van der Waals surface area contributed by atoms with Gasteiger partial charge in [0, 0.05) is 19.4 Å². The lowest BCUT2D eigenvalue weighted by Crippen LogP contribution is -2.49. The zero-order valence-electron chi connectivity index (χ0n) is 19.8. The molecule has 0 rings (SSSR count). The van der Waals surface area contributed by atoms with E-state index in [-0.39, 0.29) is 17.5 Å². The predicted molar refractivity (Wildman–Crippen MR) is 112 cm³/mol. The van der Waals surface area contributed by atoms with Gasteiger partial charge in [0.25, 0.3) is 0 Å². The first-order valence-corrected chi connectivity index (χ1v) is 10.3. The Morgan fingerprint density at radius 1 is 0.786 bits per heavy atom. The van der Waals surface area contributed by atoms with Gasteiger partial charge in [-0.15, -0.1) is 0 Å². The molecule has 0 aromatic carbocycles. The summed E-state index contributed by atoms with van der Waals surface area (Å²) in [7, 11) is 0. The fourth-order valence-corrected chi connectivity index (χ4v) is 2.60. The molecule has 0 aliphatic carbocycles. The third kappa shape index (κ3) is 13.9. The molecule has 0 saturated carbocycles. The van der Waals surface area contributed by atoms with Gasteiger partial charge in [0.15, 0.2) is 0 Å². The fourth-order valence-electron chi connectivity index (χ4n) is 2.60. The van der Waals surface area contributed by atoms with Gasteiger partial charge in [-0.25, -0.2) is 0 Å². The Labute approximate surface area is 172 Å². The summed E-state index contributed by atoms with van der Waals surface area (Å²) in [6.45, 7) is 20.2. The highest BCUT2D eigenvalue weighted by Gasteiger charge is 2.28. The molecule has 0 heterocycles. The molecule has 0 bridgehead atoms. The minimum atomic E-state index is -0.504. The molecule has 0 spiro atoms. The predicted octanol–water partition coefficient (Wildman–Crippen LogP) is 4.39. The first kappa shape index (κ1) is 26.9. The van der Waals surface area contributed by atoms with E-state index >= 15 is 0 Å². The molecule has 0 aromatic rings.